The van der Waals surface area contributed by atoms with Crippen LogP contribution < -0.4 is 22.7 Å². The molecular formula is C12H12N4O3. The summed E-state index contributed by atoms with van der Waals surface area (Å²) in [4.78, 5) is 36.4. The summed E-state index contributed by atoms with van der Waals surface area (Å²) in [6.07, 6.45) is 0. The number of aromatic amines is 1. The topological polar surface area (TPSA) is 124 Å². The van der Waals surface area contributed by atoms with Crippen LogP contribution in [0, 0.1) is 0 Å². The Morgan fingerprint density at radius 3 is 2.42 bits per heavy atom. The summed E-state index contributed by atoms with van der Waals surface area (Å²) in [6, 6.07) is 9.02. The standard InChI is InChI=1S/C12H12N4O3/c13-9-8(10(14)17)11(18)15-12(19)16(9)6-7-4-2-1-3-5-7/h1-5H,6,13H2,(H2,14,17)(H,15,18,19). The number of nitrogens with two attached hydrogens (primary N) is 2. The van der Waals surface area contributed by atoms with Crippen molar-refractivity contribution in [3.63, 3.8) is 0 Å². The van der Waals surface area contributed by atoms with Crippen LogP contribution in [0.25, 0.3) is 0 Å². The molecule has 0 atom stereocenters. The highest BCUT2D eigenvalue weighted by molar-refractivity contribution is 5.96. The van der Waals surface area contributed by atoms with Gasteiger partial charge in [0, 0.05) is 0 Å². The van der Waals surface area contributed by atoms with Crippen molar-refractivity contribution in [1.29, 1.82) is 0 Å². The molecule has 1 amide bonds. The Morgan fingerprint density at radius 2 is 1.84 bits per heavy atom. The molecule has 0 fully saturated rings. The van der Waals surface area contributed by atoms with Gasteiger partial charge in [-0.1, -0.05) is 30.3 Å². The van der Waals surface area contributed by atoms with E-state index in [2.05, 4.69) is 0 Å². The van der Waals surface area contributed by atoms with Crippen LogP contribution in [0.1, 0.15) is 15.9 Å². The van der Waals surface area contributed by atoms with Gasteiger partial charge < -0.3 is 11.5 Å². The number of benzene rings is 1. The zero-order chi connectivity index (χ0) is 14.0. The lowest BCUT2D eigenvalue weighted by atomic mass is 10.2. The van der Waals surface area contributed by atoms with Crippen molar-refractivity contribution in [1.82, 2.24) is 9.55 Å². The molecule has 2 aromatic rings. The van der Waals surface area contributed by atoms with Gasteiger partial charge in [0.25, 0.3) is 11.5 Å². The van der Waals surface area contributed by atoms with Crippen molar-refractivity contribution < 1.29 is 4.79 Å². The molecule has 0 spiro atoms. The first-order valence-corrected chi connectivity index (χ1v) is 5.47. The Morgan fingerprint density at radius 1 is 1.21 bits per heavy atom. The third-order valence-electron chi connectivity index (χ3n) is 2.67. The summed E-state index contributed by atoms with van der Waals surface area (Å²) in [5.41, 5.74) is 9.59. The number of carbonyl (C=O) groups excluding carboxylic acids is 1. The second kappa shape index (κ2) is 4.81. The van der Waals surface area contributed by atoms with E-state index in [-0.39, 0.29) is 12.4 Å². The van der Waals surface area contributed by atoms with Crippen LogP contribution in [0.3, 0.4) is 0 Å². The number of aromatic nitrogens is 2. The molecule has 1 aromatic heterocycles. The maximum Gasteiger partial charge on any atom is 0.330 e. The fourth-order valence-corrected chi connectivity index (χ4v) is 1.75. The molecule has 5 N–H and O–H groups in total. The van der Waals surface area contributed by atoms with E-state index in [1.807, 2.05) is 11.1 Å². The maximum atomic E-state index is 11.7. The number of rotatable bonds is 3. The highest BCUT2D eigenvalue weighted by atomic mass is 16.2. The quantitative estimate of drug-likeness (QED) is 0.672. The minimum absolute atomic E-state index is 0.141. The minimum atomic E-state index is -0.972. The first-order valence-electron chi connectivity index (χ1n) is 5.47. The smallest absolute Gasteiger partial charge is 0.330 e. The molecule has 7 nitrogen and oxygen atoms in total. The number of anilines is 1. The lowest BCUT2D eigenvalue weighted by Crippen LogP contribution is -2.38. The Labute approximate surface area is 107 Å². The van der Waals surface area contributed by atoms with Crippen LogP contribution in [0.4, 0.5) is 5.82 Å². The summed E-state index contributed by atoms with van der Waals surface area (Å²) in [5.74, 6) is -1.20. The molecule has 0 unspecified atom stereocenters. The highest BCUT2D eigenvalue weighted by Crippen LogP contribution is 2.07. The summed E-state index contributed by atoms with van der Waals surface area (Å²) in [6.45, 7) is 0.141. The molecular weight excluding hydrogens is 248 g/mol. The van der Waals surface area contributed by atoms with Crippen molar-refractivity contribution in [2.45, 2.75) is 6.54 Å². The number of nitrogen functional groups attached to an aromatic ring is 1. The largest absolute Gasteiger partial charge is 0.384 e. The van der Waals surface area contributed by atoms with Crippen LogP contribution in [0.15, 0.2) is 39.9 Å². The van der Waals surface area contributed by atoms with Crippen molar-refractivity contribution in [2.75, 3.05) is 5.73 Å². The van der Waals surface area contributed by atoms with Gasteiger partial charge in [-0.2, -0.15) is 0 Å². The first kappa shape index (κ1) is 12.6. The lowest BCUT2D eigenvalue weighted by Gasteiger charge is -2.10. The molecule has 1 aromatic carbocycles. The van der Waals surface area contributed by atoms with Crippen molar-refractivity contribution in [3.05, 3.63) is 62.3 Å². The predicted molar refractivity (Wildman–Crippen MR) is 69.8 cm³/mol. The molecule has 0 radical (unpaired) electrons. The molecule has 7 heteroatoms. The molecule has 0 saturated carbocycles. The van der Waals surface area contributed by atoms with Crippen LogP contribution in [-0.4, -0.2) is 15.5 Å². The average Bonchev–Trinajstić information content (AvgIpc) is 2.35. The molecule has 0 aliphatic rings. The van der Waals surface area contributed by atoms with E-state index in [1.165, 1.54) is 0 Å². The van der Waals surface area contributed by atoms with Crippen LogP contribution in [0.5, 0.6) is 0 Å². The van der Waals surface area contributed by atoms with Gasteiger partial charge in [0.1, 0.15) is 11.4 Å². The van der Waals surface area contributed by atoms with Gasteiger partial charge in [0.15, 0.2) is 0 Å². The van der Waals surface area contributed by atoms with Gasteiger partial charge >= 0.3 is 5.69 Å². The van der Waals surface area contributed by atoms with Crippen molar-refractivity contribution in [2.24, 2.45) is 5.73 Å². The normalized spacial score (nSPS) is 10.3. The van der Waals surface area contributed by atoms with Crippen LogP contribution in [-0.2, 0) is 6.54 Å². The van der Waals surface area contributed by atoms with Gasteiger partial charge in [-0.15, -0.1) is 0 Å². The molecule has 0 aliphatic heterocycles. The second-order valence-corrected chi connectivity index (χ2v) is 3.96. The van der Waals surface area contributed by atoms with Crippen molar-refractivity contribution in [3.8, 4) is 0 Å². The van der Waals surface area contributed by atoms with E-state index in [9.17, 15) is 14.4 Å². The third-order valence-corrected chi connectivity index (χ3v) is 2.67. The maximum absolute atomic E-state index is 11.7. The molecule has 0 bridgehead atoms. The zero-order valence-corrected chi connectivity index (χ0v) is 9.92. The SMILES string of the molecule is NC(=O)c1c(N)n(Cc2ccccc2)c(=O)[nH]c1=O. The minimum Gasteiger partial charge on any atom is -0.384 e. The van der Waals surface area contributed by atoms with E-state index in [0.29, 0.717) is 0 Å². The fourth-order valence-electron chi connectivity index (χ4n) is 1.75. The molecule has 0 aliphatic carbocycles. The zero-order valence-electron chi connectivity index (χ0n) is 9.92. The fraction of sp³-hybridized carbons (Fsp3) is 0.0833. The number of nitrogens with zero attached hydrogens (tertiary/aromatic N) is 1. The summed E-state index contributed by atoms with van der Waals surface area (Å²) >= 11 is 0. The number of amides is 1. The number of nitrogens with one attached hydrogen (secondary N) is 1. The summed E-state index contributed by atoms with van der Waals surface area (Å²) in [5, 5.41) is 0. The Kier molecular flexibility index (Phi) is 3.19. The van der Waals surface area contributed by atoms with Crippen LogP contribution >= 0.6 is 0 Å². The van der Waals surface area contributed by atoms with Gasteiger partial charge in [-0.3, -0.25) is 19.1 Å². The van der Waals surface area contributed by atoms with E-state index in [4.69, 9.17) is 11.5 Å². The number of hydrogen-bond donors (Lipinski definition) is 3. The monoisotopic (exact) mass is 260 g/mol. The summed E-state index contributed by atoms with van der Waals surface area (Å²) < 4.78 is 1.09. The molecule has 19 heavy (non-hydrogen) atoms. The Hall–Kier alpha value is -2.83. The highest BCUT2D eigenvalue weighted by Gasteiger charge is 2.16. The van der Waals surface area contributed by atoms with E-state index in [0.717, 1.165) is 10.1 Å². The predicted octanol–water partition coefficient (Wildman–Crippen LogP) is -0.734. The number of carbonyl (C=O) groups is 1. The van der Waals surface area contributed by atoms with Gasteiger partial charge in [-0.05, 0) is 5.56 Å². The molecule has 2 rings (SSSR count). The van der Waals surface area contributed by atoms with Gasteiger partial charge in [-0.25, -0.2) is 4.79 Å². The van der Waals surface area contributed by atoms with E-state index >= 15 is 0 Å². The average molecular weight is 260 g/mol. The van der Waals surface area contributed by atoms with Gasteiger partial charge in [0.2, 0.25) is 0 Å². The van der Waals surface area contributed by atoms with E-state index < -0.39 is 22.7 Å². The Bertz CT molecular complexity index is 731. The van der Waals surface area contributed by atoms with Crippen molar-refractivity contribution >= 4 is 11.7 Å². The lowest BCUT2D eigenvalue weighted by molar-refractivity contribution is 0.0999. The second-order valence-electron chi connectivity index (χ2n) is 3.96. The third kappa shape index (κ3) is 2.39. The number of hydrogen-bond acceptors (Lipinski definition) is 4. The molecule has 1 heterocycles. The molecule has 0 saturated heterocycles. The Balaban J connectivity index is 2.58. The van der Waals surface area contributed by atoms with E-state index in [1.54, 1.807) is 24.3 Å². The van der Waals surface area contributed by atoms with Crippen LogP contribution in [0.2, 0.25) is 0 Å². The first-order chi connectivity index (χ1) is 9.00. The summed E-state index contributed by atoms with van der Waals surface area (Å²) in [7, 11) is 0. The van der Waals surface area contributed by atoms with Gasteiger partial charge in [0.05, 0.1) is 6.54 Å². The molecule has 98 valence electrons. The number of H-pyrrole nitrogens is 1. The number of primary amides is 1.